The number of pyridine rings is 1. The second-order valence-corrected chi connectivity index (χ2v) is 5.21. The highest BCUT2D eigenvalue weighted by Gasteiger charge is 2.30. The molecule has 9 heteroatoms. The number of nitrogens with zero attached hydrogens (tertiary/aromatic N) is 3. The molecule has 1 aromatic carbocycles. The Morgan fingerprint density at radius 3 is 2.60 bits per heavy atom. The van der Waals surface area contributed by atoms with Crippen LogP contribution in [0.2, 0.25) is 0 Å². The highest BCUT2D eigenvalue weighted by atomic mass is 19.4. The normalized spacial score (nSPS) is 11.8. The number of alkyl halides is 3. The van der Waals surface area contributed by atoms with Gasteiger partial charge in [-0.2, -0.15) is 13.2 Å². The van der Waals surface area contributed by atoms with Crippen LogP contribution in [-0.4, -0.2) is 20.2 Å². The van der Waals surface area contributed by atoms with Gasteiger partial charge in [0.1, 0.15) is 5.65 Å². The Labute approximate surface area is 138 Å². The van der Waals surface area contributed by atoms with Gasteiger partial charge in [0.05, 0.1) is 11.1 Å². The van der Waals surface area contributed by atoms with Crippen molar-refractivity contribution >= 4 is 22.7 Å². The van der Waals surface area contributed by atoms with Crippen LogP contribution in [0.1, 0.15) is 5.56 Å². The summed E-state index contributed by atoms with van der Waals surface area (Å²) in [6.45, 7) is 0. The molecule has 6 nitrogen and oxygen atoms in total. The summed E-state index contributed by atoms with van der Waals surface area (Å²) < 4.78 is 43.2. The molecule has 0 spiro atoms. The average molecular weight is 345 g/mol. The quantitative estimate of drug-likeness (QED) is 0.576. The van der Waals surface area contributed by atoms with Crippen molar-refractivity contribution in [2.75, 3.05) is 5.32 Å². The fraction of sp³-hybridized carbons (Fsp3) is 0.0625. The lowest BCUT2D eigenvalue weighted by atomic mass is 10.2. The summed E-state index contributed by atoms with van der Waals surface area (Å²) >= 11 is 0. The number of rotatable bonds is 3. The van der Waals surface area contributed by atoms with Crippen LogP contribution in [0.5, 0.6) is 0 Å². The van der Waals surface area contributed by atoms with Crippen molar-refractivity contribution in [3.8, 4) is 11.5 Å². The van der Waals surface area contributed by atoms with Crippen molar-refractivity contribution < 1.29 is 17.6 Å². The van der Waals surface area contributed by atoms with Gasteiger partial charge in [-0.3, -0.25) is 0 Å². The number of hydrogen-bond donors (Lipinski definition) is 2. The SMILES string of the molecule is FC(F)(F)c1ccc(Nc2nnc(-c3c[nH]c4ncccc34)o2)cc1. The van der Waals surface area contributed by atoms with E-state index in [1.807, 2.05) is 6.07 Å². The van der Waals surface area contributed by atoms with E-state index in [0.29, 0.717) is 16.9 Å². The van der Waals surface area contributed by atoms with Crippen LogP contribution in [0, 0.1) is 0 Å². The summed E-state index contributed by atoms with van der Waals surface area (Å²) in [6.07, 6.45) is -1.01. The molecule has 3 heterocycles. The number of halogens is 3. The molecule has 0 aliphatic heterocycles. The molecule has 0 aliphatic rings. The van der Waals surface area contributed by atoms with E-state index in [-0.39, 0.29) is 11.9 Å². The molecule has 4 rings (SSSR count). The molecule has 0 aliphatic carbocycles. The van der Waals surface area contributed by atoms with Crippen LogP contribution in [0.25, 0.3) is 22.5 Å². The molecule has 3 aromatic heterocycles. The number of fused-ring (bicyclic) bond motifs is 1. The largest absolute Gasteiger partial charge is 0.416 e. The molecule has 2 N–H and O–H groups in total. The van der Waals surface area contributed by atoms with Gasteiger partial charge in [-0.15, -0.1) is 5.10 Å². The van der Waals surface area contributed by atoms with Gasteiger partial charge in [-0.25, -0.2) is 4.98 Å². The molecule has 126 valence electrons. The zero-order chi connectivity index (χ0) is 17.4. The summed E-state index contributed by atoms with van der Waals surface area (Å²) in [7, 11) is 0. The van der Waals surface area contributed by atoms with Crippen LogP contribution in [0.3, 0.4) is 0 Å². The van der Waals surface area contributed by atoms with Crippen LogP contribution < -0.4 is 5.32 Å². The Bertz CT molecular complexity index is 1020. The summed E-state index contributed by atoms with van der Waals surface area (Å²) in [6, 6.07) is 8.27. The van der Waals surface area contributed by atoms with Crippen molar-refractivity contribution in [1.82, 2.24) is 20.2 Å². The molecule has 0 bridgehead atoms. The van der Waals surface area contributed by atoms with E-state index in [9.17, 15) is 13.2 Å². The van der Waals surface area contributed by atoms with Crippen molar-refractivity contribution in [2.45, 2.75) is 6.18 Å². The van der Waals surface area contributed by atoms with Gasteiger partial charge in [0.2, 0.25) is 0 Å². The minimum absolute atomic E-state index is 0.0769. The smallest absolute Gasteiger partial charge is 0.403 e. The predicted molar refractivity (Wildman–Crippen MR) is 84.1 cm³/mol. The van der Waals surface area contributed by atoms with Gasteiger partial charge >= 0.3 is 12.2 Å². The summed E-state index contributed by atoms with van der Waals surface area (Å²) in [4.78, 5) is 7.18. The minimum Gasteiger partial charge on any atom is -0.403 e. The summed E-state index contributed by atoms with van der Waals surface area (Å²) in [5, 5.41) is 11.4. The maximum atomic E-state index is 12.6. The maximum Gasteiger partial charge on any atom is 0.416 e. The lowest BCUT2D eigenvalue weighted by Crippen LogP contribution is -2.04. The third-order valence-corrected chi connectivity index (χ3v) is 3.57. The lowest BCUT2D eigenvalue weighted by Gasteiger charge is -2.07. The van der Waals surface area contributed by atoms with Crippen LogP contribution in [0.15, 0.2) is 53.2 Å². The van der Waals surface area contributed by atoms with Gasteiger partial charge < -0.3 is 14.7 Å². The third kappa shape index (κ3) is 2.91. The van der Waals surface area contributed by atoms with Gasteiger partial charge in [0.25, 0.3) is 5.89 Å². The standard InChI is InChI=1S/C16H10F3N5O/c17-16(18,19)9-3-5-10(6-4-9)22-15-24-23-14(25-15)12-8-21-13-11(12)2-1-7-20-13/h1-8H,(H,20,21)(H,22,24). The first-order chi connectivity index (χ1) is 12.0. The van der Waals surface area contributed by atoms with Gasteiger partial charge in [-0.1, -0.05) is 5.10 Å². The lowest BCUT2D eigenvalue weighted by molar-refractivity contribution is -0.137. The van der Waals surface area contributed by atoms with E-state index in [1.54, 1.807) is 18.5 Å². The second kappa shape index (κ2) is 5.62. The number of benzene rings is 1. The maximum absolute atomic E-state index is 12.6. The van der Waals surface area contributed by atoms with Gasteiger partial charge in [0.15, 0.2) is 0 Å². The topological polar surface area (TPSA) is 79.6 Å². The third-order valence-electron chi connectivity index (χ3n) is 3.57. The van der Waals surface area contributed by atoms with E-state index in [4.69, 9.17) is 4.42 Å². The van der Waals surface area contributed by atoms with E-state index in [1.165, 1.54) is 12.1 Å². The van der Waals surface area contributed by atoms with Crippen molar-refractivity contribution in [3.05, 3.63) is 54.4 Å². The van der Waals surface area contributed by atoms with E-state index < -0.39 is 11.7 Å². The highest BCUT2D eigenvalue weighted by Crippen LogP contribution is 2.31. The first kappa shape index (κ1) is 15.2. The summed E-state index contributed by atoms with van der Waals surface area (Å²) in [5.41, 5.74) is 1.06. The monoisotopic (exact) mass is 345 g/mol. The molecule has 4 aromatic rings. The molecule has 0 amide bonds. The number of hydrogen-bond acceptors (Lipinski definition) is 5. The number of aromatic nitrogens is 4. The first-order valence-electron chi connectivity index (χ1n) is 7.21. The van der Waals surface area contributed by atoms with E-state index >= 15 is 0 Å². The molecule has 0 radical (unpaired) electrons. The molecular formula is C16H10F3N5O. The van der Waals surface area contributed by atoms with Gasteiger partial charge in [-0.05, 0) is 36.4 Å². The molecule has 0 atom stereocenters. The molecule has 0 fully saturated rings. The first-order valence-corrected chi connectivity index (χ1v) is 7.21. The zero-order valence-corrected chi connectivity index (χ0v) is 12.5. The molecule has 0 saturated heterocycles. The minimum atomic E-state index is -4.38. The Morgan fingerprint density at radius 1 is 1.04 bits per heavy atom. The zero-order valence-electron chi connectivity index (χ0n) is 12.5. The predicted octanol–water partition coefficient (Wildman–Crippen LogP) is 4.38. The van der Waals surface area contributed by atoms with Gasteiger partial charge in [0, 0.05) is 23.5 Å². The number of nitrogens with one attached hydrogen (secondary N) is 2. The van der Waals surface area contributed by atoms with Crippen LogP contribution in [0.4, 0.5) is 24.9 Å². The van der Waals surface area contributed by atoms with Crippen LogP contribution >= 0.6 is 0 Å². The van der Waals surface area contributed by atoms with Crippen molar-refractivity contribution in [3.63, 3.8) is 0 Å². The Balaban J connectivity index is 1.57. The Morgan fingerprint density at radius 2 is 1.84 bits per heavy atom. The number of anilines is 2. The molecule has 25 heavy (non-hydrogen) atoms. The average Bonchev–Trinajstić information content (AvgIpc) is 3.21. The Kier molecular flexibility index (Phi) is 3.41. The van der Waals surface area contributed by atoms with Crippen LogP contribution in [-0.2, 0) is 6.18 Å². The number of aromatic amines is 1. The van der Waals surface area contributed by atoms with Crippen molar-refractivity contribution in [1.29, 1.82) is 0 Å². The molecular weight excluding hydrogens is 335 g/mol. The van der Waals surface area contributed by atoms with E-state index in [0.717, 1.165) is 17.5 Å². The molecule has 0 saturated carbocycles. The van der Waals surface area contributed by atoms with Crippen molar-refractivity contribution in [2.24, 2.45) is 0 Å². The highest BCUT2D eigenvalue weighted by molar-refractivity contribution is 5.90. The molecule has 0 unspecified atom stereocenters. The Hall–Kier alpha value is -3.36. The fourth-order valence-corrected chi connectivity index (χ4v) is 2.38. The number of H-pyrrole nitrogens is 1. The fourth-order valence-electron chi connectivity index (χ4n) is 2.38. The summed E-state index contributed by atoms with van der Waals surface area (Å²) in [5.74, 6) is 0.272. The van der Waals surface area contributed by atoms with E-state index in [2.05, 4.69) is 25.5 Å². The second-order valence-electron chi connectivity index (χ2n) is 5.21.